The number of aliphatic carboxylic acids is 1. The molecule has 0 spiro atoms. The van der Waals surface area contributed by atoms with Gasteiger partial charge in [-0.3, -0.25) is 9.59 Å². The molecule has 2 aromatic carbocycles. The Labute approximate surface area is 212 Å². The molecule has 9 nitrogen and oxygen atoms in total. The van der Waals surface area contributed by atoms with Crippen LogP contribution in [0.5, 0.6) is 5.75 Å². The van der Waals surface area contributed by atoms with Crippen LogP contribution >= 0.6 is 23.2 Å². The molecule has 1 aromatic heterocycles. The number of carboxylic acid groups (broad SMARTS) is 1. The number of aromatic nitrogens is 2. The number of H-pyrrole nitrogens is 1. The van der Waals surface area contributed by atoms with Crippen molar-refractivity contribution in [3.8, 4) is 5.75 Å². The third-order valence-electron chi connectivity index (χ3n) is 4.96. The fourth-order valence-corrected chi connectivity index (χ4v) is 4.29. The van der Waals surface area contributed by atoms with E-state index in [0.717, 1.165) is 12.7 Å². The summed E-state index contributed by atoms with van der Waals surface area (Å²) < 4.78 is 30.5. The molecule has 3 aromatic rings. The van der Waals surface area contributed by atoms with E-state index in [9.17, 15) is 23.1 Å². The van der Waals surface area contributed by atoms with Gasteiger partial charge < -0.3 is 14.8 Å². The van der Waals surface area contributed by atoms with Crippen LogP contribution in [-0.4, -0.2) is 41.6 Å². The van der Waals surface area contributed by atoms with Gasteiger partial charge in [0.2, 0.25) is 10.0 Å². The zero-order valence-corrected chi connectivity index (χ0v) is 21.2. The molecule has 186 valence electrons. The predicted octanol–water partition coefficient (Wildman–Crippen LogP) is 4.15. The highest BCUT2D eigenvalue weighted by Gasteiger charge is 2.25. The average molecular weight is 540 g/mol. The highest BCUT2D eigenvalue weighted by atomic mass is 35.5. The fourth-order valence-electron chi connectivity index (χ4n) is 3.42. The lowest BCUT2D eigenvalue weighted by molar-refractivity contribution is -0.137. The number of ether oxygens (including phenoxy) is 1. The molecule has 1 heterocycles. The van der Waals surface area contributed by atoms with Crippen molar-refractivity contribution in [1.82, 2.24) is 14.7 Å². The van der Waals surface area contributed by atoms with Gasteiger partial charge in [-0.05, 0) is 36.2 Å². The van der Waals surface area contributed by atoms with Gasteiger partial charge in [0.1, 0.15) is 24.1 Å². The summed E-state index contributed by atoms with van der Waals surface area (Å²) in [5.41, 5.74) is 1.28. The number of hydrogen-bond donors (Lipinski definition) is 3. The number of rotatable bonds is 10. The molecular weight excluding hydrogens is 517 g/mol. The van der Waals surface area contributed by atoms with Crippen molar-refractivity contribution in [1.29, 1.82) is 0 Å². The van der Waals surface area contributed by atoms with Gasteiger partial charge in [0.25, 0.3) is 5.91 Å². The first-order valence-electron chi connectivity index (χ1n) is 10.5. The maximum atomic E-state index is 12.4. The zero-order valence-electron chi connectivity index (χ0n) is 18.8. The smallest absolute Gasteiger partial charge is 0.317 e. The van der Waals surface area contributed by atoms with E-state index in [2.05, 4.69) is 9.97 Å². The number of carbonyl (C=O) groups excluding carboxylic acids is 1. The molecule has 1 unspecified atom stereocenters. The van der Waals surface area contributed by atoms with Crippen molar-refractivity contribution in [3.63, 3.8) is 0 Å². The molecule has 0 radical (unpaired) electrons. The van der Waals surface area contributed by atoms with Crippen LogP contribution in [0.25, 0.3) is 0 Å². The molecule has 0 saturated heterocycles. The number of amides is 1. The van der Waals surface area contributed by atoms with Crippen molar-refractivity contribution in [2.75, 3.05) is 6.26 Å². The van der Waals surface area contributed by atoms with Crippen LogP contribution in [-0.2, 0) is 27.8 Å². The van der Waals surface area contributed by atoms with E-state index in [-0.39, 0.29) is 28.0 Å². The number of nitrogens with one attached hydrogen (secondary N) is 2. The van der Waals surface area contributed by atoms with Crippen LogP contribution < -0.4 is 9.46 Å². The van der Waals surface area contributed by atoms with Crippen LogP contribution in [0.2, 0.25) is 10.0 Å². The minimum absolute atomic E-state index is 0.0312. The first kappa shape index (κ1) is 26.5. The van der Waals surface area contributed by atoms with Crippen molar-refractivity contribution >= 4 is 45.1 Å². The fraction of sp³-hybridized carbons (Fsp3) is 0.261. The summed E-state index contributed by atoms with van der Waals surface area (Å²) >= 11 is 12.3. The minimum Gasteiger partial charge on any atom is -0.487 e. The highest BCUT2D eigenvalue weighted by molar-refractivity contribution is 7.89. The molecule has 12 heteroatoms. The highest BCUT2D eigenvalue weighted by Crippen LogP contribution is 2.32. The minimum atomic E-state index is -3.78. The Morgan fingerprint density at radius 2 is 1.94 bits per heavy atom. The van der Waals surface area contributed by atoms with E-state index in [0.29, 0.717) is 29.1 Å². The number of aryl methyl sites for hydroxylation is 1. The monoisotopic (exact) mass is 539 g/mol. The second kappa shape index (κ2) is 11.1. The SMILES string of the molecule is CCCc1ncc(C(C(=O)O)c2ccc(OCc3ccc(Cl)cc3C(=O)NS(C)(=O)=O)c(Cl)c2)[nH]1. The van der Waals surface area contributed by atoms with E-state index < -0.39 is 27.8 Å². The Morgan fingerprint density at radius 1 is 1.20 bits per heavy atom. The maximum Gasteiger partial charge on any atom is 0.317 e. The Bertz CT molecular complexity index is 1360. The van der Waals surface area contributed by atoms with Gasteiger partial charge >= 0.3 is 5.97 Å². The van der Waals surface area contributed by atoms with Crippen molar-refractivity contribution in [2.24, 2.45) is 0 Å². The molecule has 3 N–H and O–H groups in total. The molecule has 0 fully saturated rings. The lowest BCUT2D eigenvalue weighted by Gasteiger charge is -2.15. The first-order chi connectivity index (χ1) is 16.5. The molecule has 1 atom stereocenters. The Morgan fingerprint density at radius 3 is 2.57 bits per heavy atom. The summed E-state index contributed by atoms with van der Waals surface area (Å²) in [4.78, 5) is 31.7. The Hall–Kier alpha value is -3.08. The topological polar surface area (TPSA) is 138 Å². The van der Waals surface area contributed by atoms with Gasteiger partial charge in [-0.1, -0.05) is 42.3 Å². The summed E-state index contributed by atoms with van der Waals surface area (Å²) in [6.45, 7) is 1.88. The molecule has 3 rings (SSSR count). The first-order valence-corrected chi connectivity index (χ1v) is 13.1. The summed E-state index contributed by atoms with van der Waals surface area (Å²) in [5.74, 6) is -1.95. The van der Waals surface area contributed by atoms with Crippen LogP contribution in [0.15, 0.2) is 42.6 Å². The summed E-state index contributed by atoms with van der Waals surface area (Å²) in [5, 5.41) is 10.2. The second-order valence-corrected chi connectivity index (χ2v) is 10.4. The summed E-state index contributed by atoms with van der Waals surface area (Å²) in [7, 11) is -3.78. The van der Waals surface area contributed by atoms with E-state index in [1.165, 1.54) is 36.5 Å². The predicted molar refractivity (Wildman–Crippen MR) is 132 cm³/mol. The number of benzene rings is 2. The van der Waals surface area contributed by atoms with Crippen LogP contribution in [0.1, 0.15) is 52.3 Å². The van der Waals surface area contributed by atoms with Crippen molar-refractivity contribution in [3.05, 3.63) is 80.8 Å². The van der Waals surface area contributed by atoms with Gasteiger partial charge in [0, 0.05) is 28.8 Å². The van der Waals surface area contributed by atoms with Crippen LogP contribution in [0.4, 0.5) is 0 Å². The lowest BCUT2D eigenvalue weighted by atomic mass is 9.96. The largest absolute Gasteiger partial charge is 0.487 e. The number of aromatic amines is 1. The van der Waals surface area contributed by atoms with Crippen molar-refractivity contribution < 1.29 is 27.9 Å². The Balaban J connectivity index is 1.82. The van der Waals surface area contributed by atoms with Gasteiger partial charge in [-0.25, -0.2) is 18.1 Å². The van der Waals surface area contributed by atoms with E-state index in [1.807, 2.05) is 11.6 Å². The lowest BCUT2D eigenvalue weighted by Crippen LogP contribution is -2.30. The molecule has 0 aliphatic carbocycles. The molecule has 0 aliphatic heterocycles. The number of imidazole rings is 1. The van der Waals surface area contributed by atoms with Crippen LogP contribution in [0.3, 0.4) is 0 Å². The molecule has 1 amide bonds. The van der Waals surface area contributed by atoms with E-state index in [1.54, 1.807) is 6.07 Å². The number of hydrogen-bond acceptors (Lipinski definition) is 6. The van der Waals surface area contributed by atoms with Gasteiger partial charge in [-0.2, -0.15) is 0 Å². The quantitative estimate of drug-likeness (QED) is 0.351. The van der Waals surface area contributed by atoms with E-state index >= 15 is 0 Å². The molecule has 0 saturated carbocycles. The number of carboxylic acids is 1. The summed E-state index contributed by atoms with van der Waals surface area (Å²) in [6.07, 6.45) is 3.94. The van der Waals surface area contributed by atoms with Crippen LogP contribution in [0, 0.1) is 0 Å². The third-order valence-corrected chi connectivity index (χ3v) is 6.05. The van der Waals surface area contributed by atoms with E-state index in [4.69, 9.17) is 27.9 Å². The second-order valence-electron chi connectivity index (χ2n) is 7.79. The summed E-state index contributed by atoms with van der Waals surface area (Å²) in [6, 6.07) is 9.02. The van der Waals surface area contributed by atoms with Crippen molar-refractivity contribution in [2.45, 2.75) is 32.3 Å². The Kier molecular flexibility index (Phi) is 8.42. The van der Waals surface area contributed by atoms with Gasteiger partial charge in [0.15, 0.2) is 0 Å². The zero-order chi connectivity index (χ0) is 25.8. The maximum absolute atomic E-state index is 12.4. The number of nitrogens with zero attached hydrogens (tertiary/aromatic N) is 1. The standard InChI is InChI=1S/C23H23Cl2N3O6S/c1-3-4-20-26-11-18(27-20)21(23(30)31)13-6-8-19(17(25)9-13)34-12-14-5-7-15(24)10-16(14)22(29)28-35(2,32)33/h5-11,21H,3-4,12H2,1-2H3,(H,26,27)(H,28,29)(H,30,31). The average Bonchev–Trinajstić information content (AvgIpc) is 3.20. The number of carbonyl (C=O) groups is 2. The number of halogens is 2. The third kappa shape index (κ3) is 6.97. The van der Waals surface area contributed by atoms with Gasteiger partial charge in [0.05, 0.1) is 17.0 Å². The molecule has 0 aliphatic rings. The normalized spacial score (nSPS) is 12.2. The molecule has 35 heavy (non-hydrogen) atoms. The molecular formula is C23H23Cl2N3O6S. The molecule has 0 bridgehead atoms. The van der Waals surface area contributed by atoms with Gasteiger partial charge in [-0.15, -0.1) is 0 Å². The number of sulfonamides is 1.